The Balaban J connectivity index is 1.99. The summed E-state index contributed by atoms with van der Waals surface area (Å²) >= 11 is 0. The summed E-state index contributed by atoms with van der Waals surface area (Å²) in [4.78, 5) is 34.8. The van der Waals surface area contributed by atoms with Crippen molar-refractivity contribution in [1.29, 1.82) is 0 Å². The molecule has 1 amide bonds. The highest BCUT2D eigenvalue weighted by Gasteiger charge is 2.22. The van der Waals surface area contributed by atoms with Gasteiger partial charge in [-0.25, -0.2) is 4.79 Å². The molecule has 27 heavy (non-hydrogen) atoms. The third-order valence-corrected chi connectivity index (χ3v) is 3.47. The number of hydrogen-bond acceptors (Lipinski definition) is 6. The number of nitrogens with one attached hydrogen (secondary N) is 1. The van der Waals surface area contributed by atoms with Crippen LogP contribution in [0.15, 0.2) is 48.5 Å². The highest BCUT2D eigenvalue weighted by Crippen LogP contribution is 2.23. The Kier molecular flexibility index (Phi) is 6.48. The van der Waals surface area contributed by atoms with Crippen LogP contribution in [0.1, 0.15) is 31.1 Å². The molecule has 0 spiro atoms. The van der Waals surface area contributed by atoms with E-state index in [-0.39, 0.29) is 23.0 Å². The topological polar surface area (TPSA) is 108 Å². The third-order valence-electron chi connectivity index (χ3n) is 3.47. The molecule has 142 valence electrons. The Morgan fingerprint density at radius 1 is 1.04 bits per heavy atom. The van der Waals surface area contributed by atoms with Gasteiger partial charge in [0.05, 0.1) is 16.6 Å². The molecule has 8 nitrogen and oxygen atoms in total. The predicted molar refractivity (Wildman–Crippen MR) is 98.8 cm³/mol. The van der Waals surface area contributed by atoms with Gasteiger partial charge in [-0.3, -0.25) is 14.9 Å². The van der Waals surface area contributed by atoms with E-state index in [4.69, 9.17) is 9.47 Å². The van der Waals surface area contributed by atoms with Crippen LogP contribution < -0.4 is 10.1 Å². The normalized spacial score (nSPS) is 11.6. The zero-order chi connectivity index (χ0) is 20.0. The van der Waals surface area contributed by atoms with Crippen LogP contribution in [-0.4, -0.2) is 29.0 Å². The number of esters is 1. The monoisotopic (exact) mass is 372 g/mol. The fourth-order valence-electron chi connectivity index (χ4n) is 2.20. The maximum absolute atomic E-state index is 12.2. The Hall–Kier alpha value is -3.42. The fraction of sp³-hybridized carbons (Fsp3) is 0.263. The molecule has 1 atom stereocenters. The van der Waals surface area contributed by atoms with E-state index in [1.54, 1.807) is 18.2 Å². The second-order valence-electron chi connectivity index (χ2n) is 6.00. The summed E-state index contributed by atoms with van der Waals surface area (Å²) < 4.78 is 10.6. The maximum Gasteiger partial charge on any atom is 0.338 e. The Morgan fingerprint density at radius 3 is 2.26 bits per heavy atom. The molecule has 2 aromatic carbocycles. The molecule has 0 saturated carbocycles. The van der Waals surface area contributed by atoms with Crippen molar-refractivity contribution in [3.05, 3.63) is 64.2 Å². The van der Waals surface area contributed by atoms with E-state index < -0.39 is 22.9 Å². The summed E-state index contributed by atoms with van der Waals surface area (Å²) in [5.41, 5.74) is 0.0483. The lowest BCUT2D eigenvalue weighted by Gasteiger charge is -2.14. The summed E-state index contributed by atoms with van der Waals surface area (Å²) in [5.74, 6) is -0.738. The fourth-order valence-corrected chi connectivity index (χ4v) is 2.20. The zero-order valence-corrected chi connectivity index (χ0v) is 15.2. The van der Waals surface area contributed by atoms with Gasteiger partial charge in [0, 0.05) is 6.07 Å². The van der Waals surface area contributed by atoms with Crippen molar-refractivity contribution in [1.82, 2.24) is 0 Å². The lowest BCUT2D eigenvalue weighted by molar-refractivity contribution is -0.383. The minimum atomic E-state index is -1.14. The largest absolute Gasteiger partial charge is 0.491 e. The van der Waals surface area contributed by atoms with Crippen LogP contribution in [0.5, 0.6) is 5.75 Å². The number of rotatable bonds is 7. The van der Waals surface area contributed by atoms with Gasteiger partial charge in [-0.05, 0) is 51.1 Å². The molecule has 0 aliphatic heterocycles. The number of anilines is 1. The first-order valence-corrected chi connectivity index (χ1v) is 8.30. The summed E-state index contributed by atoms with van der Waals surface area (Å²) in [7, 11) is 0. The zero-order valence-electron chi connectivity index (χ0n) is 15.2. The Labute approximate surface area is 156 Å². The molecule has 8 heteroatoms. The third kappa shape index (κ3) is 5.53. The van der Waals surface area contributed by atoms with Gasteiger partial charge >= 0.3 is 5.97 Å². The SMILES string of the molecule is CC(C)Oc1ccc(C(=O)OC(C)C(=O)Nc2ccccc2[N+](=O)[O-])cc1. The molecule has 0 bridgehead atoms. The molecule has 0 saturated heterocycles. The minimum absolute atomic E-state index is 0.00793. The van der Waals surface area contributed by atoms with Gasteiger partial charge in [0.1, 0.15) is 11.4 Å². The molecular formula is C19H20N2O6. The van der Waals surface area contributed by atoms with Gasteiger partial charge in [0.15, 0.2) is 6.10 Å². The molecule has 0 fully saturated rings. The first kappa shape index (κ1) is 19.9. The number of carbonyl (C=O) groups excluding carboxylic acids is 2. The van der Waals surface area contributed by atoms with Gasteiger partial charge in [-0.15, -0.1) is 0 Å². The summed E-state index contributed by atoms with van der Waals surface area (Å²) in [5, 5.41) is 13.4. The standard InChI is InChI=1S/C19H20N2O6/c1-12(2)26-15-10-8-14(9-11-15)19(23)27-13(3)18(22)20-16-6-4-5-7-17(16)21(24)25/h4-13H,1-3H3,(H,20,22). The van der Waals surface area contributed by atoms with Gasteiger partial charge in [-0.2, -0.15) is 0 Å². The van der Waals surface area contributed by atoms with E-state index >= 15 is 0 Å². The van der Waals surface area contributed by atoms with Crippen molar-refractivity contribution in [2.24, 2.45) is 0 Å². The van der Waals surface area contributed by atoms with Crippen LogP contribution in [-0.2, 0) is 9.53 Å². The van der Waals surface area contributed by atoms with Crippen LogP contribution in [0.4, 0.5) is 11.4 Å². The highest BCUT2D eigenvalue weighted by atomic mass is 16.6. The van der Waals surface area contributed by atoms with Crippen LogP contribution in [0.25, 0.3) is 0 Å². The van der Waals surface area contributed by atoms with Gasteiger partial charge in [0.2, 0.25) is 0 Å². The van der Waals surface area contributed by atoms with E-state index in [0.717, 1.165) is 0 Å². The average molecular weight is 372 g/mol. The first-order valence-electron chi connectivity index (χ1n) is 8.30. The molecular weight excluding hydrogens is 352 g/mol. The van der Waals surface area contributed by atoms with Crippen molar-refractivity contribution in [3.63, 3.8) is 0 Å². The molecule has 1 N–H and O–H groups in total. The van der Waals surface area contributed by atoms with Crippen molar-refractivity contribution in [3.8, 4) is 5.75 Å². The Morgan fingerprint density at radius 2 is 1.67 bits per heavy atom. The molecule has 0 aromatic heterocycles. The maximum atomic E-state index is 12.2. The van der Waals surface area contributed by atoms with Crippen molar-refractivity contribution in [2.75, 3.05) is 5.32 Å². The molecule has 0 radical (unpaired) electrons. The number of nitro benzene ring substituents is 1. The van der Waals surface area contributed by atoms with Crippen molar-refractivity contribution >= 4 is 23.3 Å². The predicted octanol–water partition coefficient (Wildman–Crippen LogP) is 3.57. The van der Waals surface area contributed by atoms with Crippen molar-refractivity contribution in [2.45, 2.75) is 33.0 Å². The molecule has 2 aromatic rings. The van der Waals surface area contributed by atoms with Gasteiger partial charge in [-0.1, -0.05) is 12.1 Å². The van der Waals surface area contributed by atoms with Crippen LogP contribution in [0, 0.1) is 10.1 Å². The van der Waals surface area contributed by atoms with Crippen LogP contribution >= 0.6 is 0 Å². The average Bonchev–Trinajstić information content (AvgIpc) is 2.61. The molecule has 2 rings (SSSR count). The molecule has 0 heterocycles. The number of ether oxygens (including phenoxy) is 2. The van der Waals surface area contributed by atoms with Crippen LogP contribution in [0.3, 0.4) is 0 Å². The number of para-hydroxylation sites is 2. The number of amides is 1. The summed E-state index contributed by atoms with van der Waals surface area (Å²) in [6.45, 7) is 5.16. The van der Waals surface area contributed by atoms with E-state index in [1.165, 1.54) is 37.3 Å². The number of benzene rings is 2. The molecule has 0 aliphatic carbocycles. The van der Waals surface area contributed by atoms with Gasteiger partial charge < -0.3 is 14.8 Å². The first-order chi connectivity index (χ1) is 12.8. The van der Waals surface area contributed by atoms with E-state index in [1.807, 2.05) is 13.8 Å². The number of nitrogens with zero attached hydrogens (tertiary/aromatic N) is 1. The minimum Gasteiger partial charge on any atom is -0.491 e. The quantitative estimate of drug-likeness (QED) is 0.452. The number of hydrogen-bond donors (Lipinski definition) is 1. The second kappa shape index (κ2) is 8.79. The summed E-state index contributed by atoms with van der Waals surface area (Å²) in [6.07, 6.45) is -1.13. The van der Waals surface area contributed by atoms with Crippen molar-refractivity contribution < 1.29 is 24.0 Å². The highest BCUT2D eigenvalue weighted by molar-refractivity contribution is 5.98. The molecule has 1 unspecified atom stereocenters. The Bertz CT molecular complexity index is 832. The van der Waals surface area contributed by atoms with E-state index in [0.29, 0.717) is 5.75 Å². The molecule has 0 aliphatic rings. The van der Waals surface area contributed by atoms with E-state index in [2.05, 4.69) is 5.32 Å². The summed E-state index contributed by atoms with van der Waals surface area (Å²) in [6, 6.07) is 12.1. The lowest BCUT2D eigenvalue weighted by Crippen LogP contribution is -2.30. The van der Waals surface area contributed by atoms with Gasteiger partial charge in [0.25, 0.3) is 11.6 Å². The second-order valence-corrected chi connectivity index (χ2v) is 6.00. The van der Waals surface area contributed by atoms with E-state index in [9.17, 15) is 19.7 Å². The number of carbonyl (C=O) groups is 2. The number of nitro groups is 1. The van der Waals surface area contributed by atoms with Crippen LogP contribution in [0.2, 0.25) is 0 Å². The lowest BCUT2D eigenvalue weighted by atomic mass is 10.2. The smallest absolute Gasteiger partial charge is 0.338 e.